The van der Waals surface area contributed by atoms with Crippen LogP contribution in [0.2, 0.25) is 0 Å². The van der Waals surface area contributed by atoms with Gasteiger partial charge in [0.1, 0.15) is 5.25 Å². The smallest absolute Gasteiger partial charge is 0.316 e. The molecule has 0 radical (unpaired) electrons. The number of carboxylic acid groups (broad SMARTS) is 1. The minimum Gasteiger partial charge on any atom is -0.480 e. The molecule has 0 aromatic carbocycles. The average molecular weight is 397 g/mol. The topological polar surface area (TPSA) is 77.8 Å². The van der Waals surface area contributed by atoms with E-state index in [1.54, 1.807) is 0 Å². The Morgan fingerprint density at radius 1 is 1.22 bits per heavy atom. The molecule has 27 heavy (non-hydrogen) atoms. The fourth-order valence-electron chi connectivity index (χ4n) is 3.49. The van der Waals surface area contributed by atoms with Crippen molar-refractivity contribution >= 4 is 17.7 Å². The number of hydrogen-bond donors (Lipinski definition) is 3. The summed E-state index contributed by atoms with van der Waals surface area (Å²) in [5.41, 5.74) is 0. The third-order valence-electron chi connectivity index (χ3n) is 4.96. The Labute approximate surface area is 168 Å². The number of aliphatic hydroxyl groups is 2. The van der Waals surface area contributed by atoms with Crippen molar-refractivity contribution in [3.8, 4) is 0 Å². The van der Waals surface area contributed by atoms with Crippen molar-refractivity contribution < 1.29 is 20.1 Å². The summed E-state index contributed by atoms with van der Waals surface area (Å²) in [5.74, 6) is 0.919. The van der Waals surface area contributed by atoms with Crippen molar-refractivity contribution in [2.45, 2.75) is 69.6 Å². The van der Waals surface area contributed by atoms with Crippen LogP contribution in [-0.4, -0.2) is 45.0 Å². The molecule has 0 bridgehead atoms. The number of aliphatic carboxylic acids is 1. The molecule has 4 nitrogen and oxygen atoms in total. The monoisotopic (exact) mass is 396 g/mol. The molecular weight excluding hydrogens is 360 g/mol. The van der Waals surface area contributed by atoms with E-state index in [0.717, 1.165) is 19.3 Å². The number of hydrogen-bond acceptors (Lipinski definition) is 4. The molecule has 2 unspecified atom stereocenters. The lowest BCUT2D eigenvalue weighted by Gasteiger charge is -2.14. The first-order valence-electron chi connectivity index (χ1n) is 10.2. The van der Waals surface area contributed by atoms with Crippen LogP contribution in [0.1, 0.15) is 58.3 Å². The summed E-state index contributed by atoms with van der Waals surface area (Å²) in [6.07, 6.45) is 19.9. The van der Waals surface area contributed by atoms with Crippen LogP contribution in [0.3, 0.4) is 0 Å². The molecule has 0 heterocycles. The van der Waals surface area contributed by atoms with Crippen molar-refractivity contribution in [2.24, 2.45) is 11.8 Å². The predicted molar refractivity (Wildman–Crippen MR) is 114 cm³/mol. The summed E-state index contributed by atoms with van der Waals surface area (Å²) in [4.78, 5) is 11.2. The zero-order valence-electron chi connectivity index (χ0n) is 16.5. The van der Waals surface area contributed by atoms with Crippen LogP contribution in [-0.2, 0) is 4.79 Å². The molecule has 1 saturated carbocycles. The van der Waals surface area contributed by atoms with Crippen LogP contribution in [0, 0.1) is 11.8 Å². The summed E-state index contributed by atoms with van der Waals surface area (Å²) < 4.78 is 0. The second kappa shape index (κ2) is 14.9. The average Bonchev–Trinajstić information content (AvgIpc) is 3.09. The molecule has 0 spiro atoms. The third kappa shape index (κ3) is 10.8. The van der Waals surface area contributed by atoms with E-state index < -0.39 is 11.2 Å². The molecule has 3 N–H and O–H groups in total. The van der Waals surface area contributed by atoms with Crippen LogP contribution in [0.15, 0.2) is 36.5 Å². The number of carboxylic acids is 1. The van der Waals surface area contributed by atoms with Gasteiger partial charge in [0.25, 0.3) is 0 Å². The highest BCUT2D eigenvalue weighted by Gasteiger charge is 2.23. The van der Waals surface area contributed by atoms with Gasteiger partial charge < -0.3 is 15.3 Å². The molecular formula is C22H36O4S. The summed E-state index contributed by atoms with van der Waals surface area (Å²) in [6.45, 7) is 2.08. The summed E-state index contributed by atoms with van der Waals surface area (Å²) in [6, 6.07) is 0. The van der Waals surface area contributed by atoms with Crippen LogP contribution in [0.4, 0.5) is 0 Å². The highest BCUT2D eigenvalue weighted by atomic mass is 32.2. The maximum Gasteiger partial charge on any atom is 0.316 e. The van der Waals surface area contributed by atoms with E-state index in [2.05, 4.69) is 31.2 Å². The van der Waals surface area contributed by atoms with E-state index in [0.29, 0.717) is 30.4 Å². The Morgan fingerprint density at radius 2 is 2.04 bits per heavy atom. The van der Waals surface area contributed by atoms with Gasteiger partial charge in [-0.05, 0) is 56.8 Å². The largest absolute Gasteiger partial charge is 0.480 e. The second-order valence-electron chi connectivity index (χ2n) is 7.13. The highest BCUT2D eigenvalue weighted by Crippen LogP contribution is 2.35. The van der Waals surface area contributed by atoms with Crippen LogP contribution < -0.4 is 0 Å². The molecule has 154 valence electrons. The zero-order valence-corrected chi connectivity index (χ0v) is 17.3. The van der Waals surface area contributed by atoms with Crippen molar-refractivity contribution in [2.75, 3.05) is 12.4 Å². The fourth-order valence-corrected chi connectivity index (χ4v) is 4.32. The molecule has 1 fully saturated rings. The molecule has 0 aromatic rings. The lowest BCUT2D eigenvalue weighted by atomic mass is 9.92. The Bertz CT molecular complexity index is 487. The normalized spacial score (nSPS) is 22.9. The standard InChI is InChI=1S/C22H36O4S/c1-2-3-13-20(24)14-8-12-19-11-7-10-18(19)9-5-4-6-15-21(22(25)26)27-17-16-23/h3-5,8,12-13,18-21,23-24H,2,6-7,9-11,14-17H2,1H3,(H,25,26)/t18-,19+,20?,21?/m0/s1. The predicted octanol–water partition coefficient (Wildman–Crippen LogP) is 4.58. The Kier molecular flexibility index (Phi) is 13.3. The molecule has 0 aliphatic heterocycles. The zero-order chi connectivity index (χ0) is 19.9. The molecule has 0 saturated heterocycles. The first-order chi connectivity index (χ1) is 13.1. The highest BCUT2D eigenvalue weighted by molar-refractivity contribution is 8.00. The van der Waals surface area contributed by atoms with Crippen molar-refractivity contribution in [3.05, 3.63) is 36.5 Å². The van der Waals surface area contributed by atoms with Crippen LogP contribution in [0.25, 0.3) is 0 Å². The third-order valence-corrected chi connectivity index (χ3v) is 6.22. The fraction of sp³-hybridized carbons (Fsp3) is 0.682. The molecule has 5 heteroatoms. The second-order valence-corrected chi connectivity index (χ2v) is 8.44. The minimum atomic E-state index is -0.793. The lowest BCUT2D eigenvalue weighted by Crippen LogP contribution is -2.17. The first-order valence-corrected chi connectivity index (χ1v) is 11.2. The summed E-state index contributed by atoms with van der Waals surface area (Å²) in [7, 11) is 0. The van der Waals surface area contributed by atoms with Crippen molar-refractivity contribution in [1.29, 1.82) is 0 Å². The van der Waals surface area contributed by atoms with Crippen LogP contribution >= 0.6 is 11.8 Å². The van der Waals surface area contributed by atoms with Gasteiger partial charge in [-0.25, -0.2) is 0 Å². The maximum absolute atomic E-state index is 11.2. The van der Waals surface area contributed by atoms with E-state index >= 15 is 0 Å². The molecule has 4 atom stereocenters. The van der Waals surface area contributed by atoms with Crippen LogP contribution in [0.5, 0.6) is 0 Å². The number of allylic oxidation sites excluding steroid dienone is 4. The van der Waals surface area contributed by atoms with E-state index in [9.17, 15) is 15.0 Å². The lowest BCUT2D eigenvalue weighted by molar-refractivity contribution is -0.136. The quantitative estimate of drug-likeness (QED) is 0.375. The van der Waals surface area contributed by atoms with E-state index in [1.807, 2.05) is 12.2 Å². The van der Waals surface area contributed by atoms with Gasteiger partial charge in [-0.2, -0.15) is 0 Å². The summed E-state index contributed by atoms with van der Waals surface area (Å²) in [5, 5.41) is 27.4. The number of rotatable bonds is 14. The van der Waals surface area contributed by atoms with Gasteiger partial charge >= 0.3 is 5.97 Å². The van der Waals surface area contributed by atoms with E-state index in [1.165, 1.54) is 31.0 Å². The molecule has 0 amide bonds. The number of aliphatic hydroxyl groups excluding tert-OH is 2. The first kappa shape index (κ1) is 24.0. The molecule has 1 rings (SSSR count). The Hall–Kier alpha value is -1.04. The van der Waals surface area contributed by atoms with E-state index in [-0.39, 0.29) is 12.7 Å². The SMILES string of the molecule is CCC=CC(O)CC=C[C@H]1CCC[C@@H]1CC=CCCC(SCCO)C(=O)O. The van der Waals surface area contributed by atoms with Crippen molar-refractivity contribution in [3.63, 3.8) is 0 Å². The molecule has 0 aromatic heterocycles. The Morgan fingerprint density at radius 3 is 2.74 bits per heavy atom. The summed E-state index contributed by atoms with van der Waals surface area (Å²) >= 11 is 1.31. The van der Waals surface area contributed by atoms with Gasteiger partial charge in [-0.15, -0.1) is 11.8 Å². The van der Waals surface area contributed by atoms with E-state index in [4.69, 9.17) is 5.11 Å². The van der Waals surface area contributed by atoms with Gasteiger partial charge in [-0.3, -0.25) is 4.79 Å². The van der Waals surface area contributed by atoms with Gasteiger partial charge in [0.05, 0.1) is 12.7 Å². The number of thioether (sulfide) groups is 1. The molecule has 1 aliphatic rings. The van der Waals surface area contributed by atoms with Gasteiger partial charge in [0, 0.05) is 5.75 Å². The van der Waals surface area contributed by atoms with Crippen molar-refractivity contribution in [1.82, 2.24) is 0 Å². The Balaban J connectivity index is 2.32. The van der Waals surface area contributed by atoms with Gasteiger partial charge in [0.15, 0.2) is 0 Å². The van der Waals surface area contributed by atoms with Gasteiger partial charge in [-0.1, -0.05) is 49.8 Å². The minimum absolute atomic E-state index is 0.0206. The van der Waals surface area contributed by atoms with Gasteiger partial charge in [0.2, 0.25) is 0 Å². The maximum atomic E-state index is 11.2. The molecule has 1 aliphatic carbocycles. The number of carbonyl (C=O) groups is 1.